The summed E-state index contributed by atoms with van der Waals surface area (Å²) < 4.78 is 5.58. The average Bonchev–Trinajstić information content (AvgIpc) is 2.40. The molecule has 1 heterocycles. The molecular weight excluding hydrogens is 270 g/mol. The van der Waals surface area contributed by atoms with Crippen LogP contribution in [0.1, 0.15) is 22.4 Å². The zero-order valence-corrected chi connectivity index (χ0v) is 11.9. The minimum absolute atomic E-state index is 0.116. The van der Waals surface area contributed by atoms with Crippen molar-refractivity contribution >= 4 is 5.69 Å². The van der Waals surface area contributed by atoms with Crippen LogP contribution in [0.15, 0.2) is 24.3 Å². The highest BCUT2D eigenvalue weighted by atomic mass is 16.6. The van der Waals surface area contributed by atoms with Gasteiger partial charge in [0.25, 0.3) is 0 Å². The number of nitro benzene ring substituents is 1. The predicted molar refractivity (Wildman–Crippen MR) is 76.3 cm³/mol. The molecule has 0 saturated heterocycles. The molecule has 0 fully saturated rings. The first-order chi connectivity index (χ1) is 9.90. The average molecular weight is 283 g/mol. The molecule has 0 spiro atoms. The highest BCUT2D eigenvalue weighted by Crippen LogP contribution is 2.35. The highest BCUT2D eigenvalue weighted by Gasteiger charge is 2.20. The van der Waals surface area contributed by atoms with Gasteiger partial charge >= 0.3 is 5.69 Å². The summed E-state index contributed by atoms with van der Waals surface area (Å²) >= 11 is 0. The van der Waals surface area contributed by atoms with Gasteiger partial charge in [0.05, 0.1) is 16.6 Å². The Hall–Kier alpha value is -2.94. The molecule has 6 heteroatoms. The van der Waals surface area contributed by atoms with Gasteiger partial charge in [0.15, 0.2) is 0 Å². The van der Waals surface area contributed by atoms with E-state index >= 15 is 0 Å². The third-order valence-electron chi connectivity index (χ3n) is 2.86. The maximum atomic E-state index is 11.2. The molecule has 0 saturated carbocycles. The molecule has 0 bridgehead atoms. The van der Waals surface area contributed by atoms with Crippen LogP contribution in [-0.4, -0.2) is 9.91 Å². The molecule has 0 amide bonds. The van der Waals surface area contributed by atoms with Crippen molar-refractivity contribution in [2.75, 3.05) is 0 Å². The molecule has 106 valence electrons. The molecule has 6 nitrogen and oxygen atoms in total. The van der Waals surface area contributed by atoms with E-state index in [1.54, 1.807) is 32.9 Å². The second-order valence-electron chi connectivity index (χ2n) is 4.74. The van der Waals surface area contributed by atoms with Gasteiger partial charge in [-0.15, -0.1) is 0 Å². The number of aromatic nitrogens is 1. The van der Waals surface area contributed by atoms with Crippen molar-refractivity contribution in [3.63, 3.8) is 0 Å². The van der Waals surface area contributed by atoms with Crippen molar-refractivity contribution in [3.8, 4) is 17.7 Å². The van der Waals surface area contributed by atoms with Crippen LogP contribution in [0.2, 0.25) is 0 Å². The number of aryl methyl sites for hydroxylation is 3. The summed E-state index contributed by atoms with van der Waals surface area (Å²) in [4.78, 5) is 14.8. The van der Waals surface area contributed by atoms with Gasteiger partial charge < -0.3 is 4.74 Å². The van der Waals surface area contributed by atoms with E-state index in [1.165, 1.54) is 12.1 Å². The molecule has 1 aromatic heterocycles. The molecule has 0 radical (unpaired) electrons. The van der Waals surface area contributed by atoms with E-state index in [1.807, 2.05) is 6.07 Å². The molecule has 0 aliphatic carbocycles. The van der Waals surface area contributed by atoms with E-state index in [2.05, 4.69) is 4.98 Å². The van der Waals surface area contributed by atoms with Crippen LogP contribution < -0.4 is 4.74 Å². The maximum absolute atomic E-state index is 11.2. The van der Waals surface area contributed by atoms with Gasteiger partial charge in [-0.05, 0) is 38.0 Å². The molecule has 0 aliphatic heterocycles. The van der Waals surface area contributed by atoms with E-state index < -0.39 is 4.92 Å². The largest absolute Gasteiger partial charge is 0.431 e. The quantitative estimate of drug-likeness (QED) is 0.634. The Morgan fingerprint density at radius 3 is 2.57 bits per heavy atom. The number of nitriles is 1. The Labute approximate surface area is 121 Å². The van der Waals surface area contributed by atoms with E-state index in [0.29, 0.717) is 16.8 Å². The number of nitrogens with zero attached hydrogens (tertiary/aromatic N) is 3. The fourth-order valence-corrected chi connectivity index (χ4v) is 2.06. The van der Waals surface area contributed by atoms with Gasteiger partial charge in [0, 0.05) is 17.8 Å². The van der Waals surface area contributed by atoms with Crippen molar-refractivity contribution in [1.82, 2.24) is 4.98 Å². The van der Waals surface area contributed by atoms with E-state index in [9.17, 15) is 10.1 Å². The molecule has 21 heavy (non-hydrogen) atoms. The lowest BCUT2D eigenvalue weighted by Crippen LogP contribution is -1.99. The molecule has 0 unspecified atom stereocenters. The van der Waals surface area contributed by atoms with Crippen molar-refractivity contribution in [2.45, 2.75) is 20.8 Å². The van der Waals surface area contributed by atoms with Gasteiger partial charge in [0.2, 0.25) is 11.6 Å². The monoisotopic (exact) mass is 283 g/mol. The second-order valence-corrected chi connectivity index (χ2v) is 4.74. The van der Waals surface area contributed by atoms with Crippen molar-refractivity contribution in [3.05, 3.63) is 56.8 Å². The first kappa shape index (κ1) is 14.5. The molecule has 1 aromatic carbocycles. The number of hydrogen-bond acceptors (Lipinski definition) is 5. The summed E-state index contributed by atoms with van der Waals surface area (Å²) in [5.41, 5.74) is 2.31. The summed E-state index contributed by atoms with van der Waals surface area (Å²) in [7, 11) is 0. The second kappa shape index (κ2) is 5.59. The summed E-state index contributed by atoms with van der Waals surface area (Å²) in [5, 5.41) is 20.1. The predicted octanol–water partition coefficient (Wildman–Crippen LogP) is 3.58. The summed E-state index contributed by atoms with van der Waals surface area (Å²) in [5.74, 6) is 0.314. The number of ether oxygens (including phenoxy) is 1. The third-order valence-corrected chi connectivity index (χ3v) is 2.86. The molecule has 2 rings (SSSR count). The minimum atomic E-state index is -0.490. The fraction of sp³-hybridized carbons (Fsp3) is 0.200. The summed E-state index contributed by atoms with van der Waals surface area (Å²) in [6, 6.07) is 8.31. The Morgan fingerprint density at radius 1 is 1.24 bits per heavy atom. The standard InChI is InChI=1S/C15H13N3O3/c1-9-4-10(2)15(13(5-9)18(19)20)21-14-7-12(8-16)6-11(3)17-14/h4-7H,1-3H3. The number of nitro groups is 1. The zero-order valence-electron chi connectivity index (χ0n) is 11.9. The van der Waals surface area contributed by atoms with Gasteiger partial charge in [-0.3, -0.25) is 10.1 Å². The molecule has 0 N–H and O–H groups in total. The minimum Gasteiger partial charge on any atom is -0.431 e. The summed E-state index contributed by atoms with van der Waals surface area (Å²) in [6.45, 7) is 5.24. The van der Waals surface area contributed by atoms with Crippen LogP contribution in [0.5, 0.6) is 11.6 Å². The maximum Gasteiger partial charge on any atom is 0.312 e. The Morgan fingerprint density at radius 2 is 1.95 bits per heavy atom. The zero-order chi connectivity index (χ0) is 15.6. The lowest BCUT2D eigenvalue weighted by atomic mass is 10.1. The van der Waals surface area contributed by atoms with Gasteiger partial charge in [-0.1, -0.05) is 6.07 Å². The van der Waals surface area contributed by atoms with Gasteiger partial charge in [-0.2, -0.15) is 5.26 Å². The Bertz CT molecular complexity index is 763. The Kier molecular flexibility index (Phi) is 3.85. The van der Waals surface area contributed by atoms with Gasteiger partial charge in [-0.25, -0.2) is 4.98 Å². The van der Waals surface area contributed by atoms with Crippen LogP contribution in [0.3, 0.4) is 0 Å². The first-order valence-electron chi connectivity index (χ1n) is 6.23. The topological polar surface area (TPSA) is 89.0 Å². The Balaban J connectivity index is 2.52. The number of pyridine rings is 1. The van der Waals surface area contributed by atoms with Crippen molar-refractivity contribution < 1.29 is 9.66 Å². The lowest BCUT2D eigenvalue weighted by Gasteiger charge is -2.10. The smallest absolute Gasteiger partial charge is 0.312 e. The van der Waals surface area contributed by atoms with Crippen LogP contribution >= 0.6 is 0 Å². The number of rotatable bonds is 3. The molecule has 0 atom stereocenters. The van der Waals surface area contributed by atoms with Crippen LogP contribution in [-0.2, 0) is 0 Å². The number of benzene rings is 1. The van der Waals surface area contributed by atoms with Crippen LogP contribution in [0, 0.1) is 42.2 Å². The first-order valence-corrected chi connectivity index (χ1v) is 6.23. The third kappa shape index (κ3) is 3.15. The van der Waals surface area contributed by atoms with Crippen molar-refractivity contribution in [1.29, 1.82) is 5.26 Å². The fourth-order valence-electron chi connectivity index (χ4n) is 2.06. The summed E-state index contributed by atoms with van der Waals surface area (Å²) in [6.07, 6.45) is 0. The lowest BCUT2D eigenvalue weighted by molar-refractivity contribution is -0.385. The van der Waals surface area contributed by atoms with Crippen molar-refractivity contribution in [2.24, 2.45) is 0 Å². The van der Waals surface area contributed by atoms with E-state index in [4.69, 9.17) is 10.00 Å². The van der Waals surface area contributed by atoms with E-state index in [0.717, 1.165) is 5.56 Å². The number of hydrogen-bond donors (Lipinski definition) is 0. The van der Waals surface area contributed by atoms with Gasteiger partial charge in [0.1, 0.15) is 0 Å². The normalized spacial score (nSPS) is 10.0. The molecule has 2 aromatic rings. The van der Waals surface area contributed by atoms with Crippen LogP contribution in [0.4, 0.5) is 5.69 Å². The molecule has 0 aliphatic rings. The SMILES string of the molecule is Cc1cc(C)c(Oc2cc(C#N)cc(C)n2)c([N+](=O)[O-])c1. The molecular formula is C15H13N3O3. The van der Waals surface area contributed by atoms with Crippen LogP contribution in [0.25, 0.3) is 0 Å². The highest BCUT2D eigenvalue weighted by molar-refractivity contribution is 5.55. The van der Waals surface area contributed by atoms with E-state index in [-0.39, 0.29) is 17.3 Å².